The highest BCUT2D eigenvalue weighted by Gasteiger charge is 2.01. The fraction of sp³-hybridized carbons (Fsp3) is 1.00. The van der Waals surface area contributed by atoms with Crippen LogP contribution < -0.4 is 0 Å². The Morgan fingerprint density at radius 3 is 2.22 bits per heavy atom. The fourth-order valence-corrected chi connectivity index (χ4v) is 5.84. The first-order valence-electron chi connectivity index (χ1n) is 3.95. The highest BCUT2D eigenvalue weighted by atomic mass is 127. The van der Waals surface area contributed by atoms with E-state index in [0.717, 1.165) is 0 Å². The second-order valence-electron chi connectivity index (χ2n) is 2.53. The van der Waals surface area contributed by atoms with E-state index in [-0.39, 0.29) is 6.29 Å². The van der Waals surface area contributed by atoms with E-state index in [0.29, 0.717) is 0 Å². The van der Waals surface area contributed by atoms with Gasteiger partial charge in [-0.2, -0.15) is 0 Å². The number of rotatable bonds is 5. The Hall–Kier alpha value is 0.947. The summed E-state index contributed by atoms with van der Waals surface area (Å²) in [5.41, 5.74) is 0. The first kappa shape index (κ1) is 9.95. The van der Waals surface area contributed by atoms with Gasteiger partial charge in [0.2, 0.25) is 0 Å². The van der Waals surface area contributed by atoms with Crippen molar-refractivity contribution in [1.29, 1.82) is 0 Å². The zero-order valence-electron chi connectivity index (χ0n) is 6.49. The molecule has 0 amide bonds. The molecule has 0 rings (SSSR count). The van der Waals surface area contributed by atoms with Crippen LogP contribution in [0.4, 0.5) is 0 Å². The second-order valence-corrected chi connectivity index (χ2v) is 10.2. The van der Waals surface area contributed by atoms with Gasteiger partial charge in [0.15, 0.2) is 0 Å². The van der Waals surface area contributed by atoms with Crippen LogP contribution >= 0.6 is 21.8 Å². The van der Waals surface area contributed by atoms with Crippen molar-refractivity contribution in [2.45, 2.75) is 45.2 Å². The lowest BCUT2D eigenvalue weighted by Crippen LogP contribution is -1.99. The van der Waals surface area contributed by atoms with Crippen LogP contribution in [-0.2, 0) is 0 Å². The highest BCUT2D eigenvalue weighted by molar-refractivity contribution is 14.1. The molecule has 0 aliphatic carbocycles. The van der Waals surface area contributed by atoms with E-state index >= 15 is 0 Å². The highest BCUT2D eigenvalue weighted by Crippen LogP contribution is 2.13. The topological polar surface area (TPSA) is 0 Å². The Morgan fingerprint density at radius 2 is 1.78 bits per heavy atom. The largest absolute Gasteiger partial charge is 0.123 e. The molecule has 0 N–H and O–H groups in total. The fourth-order valence-electron chi connectivity index (χ4n) is 0.883. The minimum atomic E-state index is -0.250. The summed E-state index contributed by atoms with van der Waals surface area (Å²) in [4.78, 5) is 0. The number of unbranched alkanes of at least 4 members (excludes halogenated alkanes) is 1. The molecule has 0 fully saturated rings. The van der Waals surface area contributed by atoms with E-state index in [2.05, 4.69) is 35.6 Å². The summed E-state index contributed by atoms with van der Waals surface area (Å²) in [5, 5.41) is 0. The van der Waals surface area contributed by atoms with Gasteiger partial charge < -0.3 is 0 Å². The molecular formula is C7H17ISi. The van der Waals surface area contributed by atoms with Gasteiger partial charge in [-0.1, -0.05) is 45.2 Å². The van der Waals surface area contributed by atoms with E-state index < -0.39 is 0 Å². The molecule has 56 valence electrons. The quantitative estimate of drug-likeness (QED) is 0.402. The van der Waals surface area contributed by atoms with Crippen molar-refractivity contribution in [3.8, 4) is 0 Å². The lowest BCUT2D eigenvalue weighted by Gasteiger charge is -2.03. The van der Waals surface area contributed by atoms with E-state index in [4.69, 9.17) is 0 Å². The first-order chi connectivity index (χ1) is 4.31. The minimum Gasteiger partial charge on any atom is -0.123 e. The van der Waals surface area contributed by atoms with Crippen LogP contribution in [0.15, 0.2) is 0 Å². The van der Waals surface area contributed by atoms with Crippen LogP contribution in [0.1, 0.15) is 33.1 Å². The van der Waals surface area contributed by atoms with Crippen molar-refractivity contribution >= 4 is 28.1 Å². The number of halogens is 1. The third kappa shape index (κ3) is 6.84. The van der Waals surface area contributed by atoms with Gasteiger partial charge in [0, 0.05) is 0 Å². The Labute approximate surface area is 73.2 Å². The van der Waals surface area contributed by atoms with Crippen molar-refractivity contribution in [2.24, 2.45) is 0 Å². The number of hydrogen-bond acceptors (Lipinski definition) is 0. The smallest absolute Gasteiger partial charge is 0.110 e. The van der Waals surface area contributed by atoms with E-state index in [1.54, 1.807) is 12.1 Å². The third-order valence-corrected chi connectivity index (χ3v) is 7.45. The van der Waals surface area contributed by atoms with Crippen molar-refractivity contribution in [3.63, 3.8) is 0 Å². The number of hydrogen-bond donors (Lipinski definition) is 0. The monoisotopic (exact) mass is 256 g/mol. The Kier molecular flexibility index (Phi) is 7.80. The van der Waals surface area contributed by atoms with Gasteiger partial charge in [-0.05, 0) is 0 Å². The van der Waals surface area contributed by atoms with Gasteiger partial charge in [0.25, 0.3) is 0 Å². The molecule has 1 atom stereocenters. The van der Waals surface area contributed by atoms with Crippen molar-refractivity contribution < 1.29 is 0 Å². The molecule has 1 unspecified atom stereocenters. The molecule has 0 saturated heterocycles. The predicted molar refractivity (Wildman–Crippen MR) is 56.0 cm³/mol. The summed E-state index contributed by atoms with van der Waals surface area (Å²) in [7, 11) is 0. The average molecular weight is 256 g/mol. The Balaban J connectivity index is 2.95. The van der Waals surface area contributed by atoms with Crippen LogP contribution in [-0.4, -0.2) is 6.29 Å². The molecule has 2 heteroatoms. The molecule has 0 saturated carbocycles. The first-order valence-corrected chi connectivity index (χ1v) is 9.76. The van der Waals surface area contributed by atoms with E-state index in [1.807, 2.05) is 0 Å². The van der Waals surface area contributed by atoms with Crippen LogP contribution in [0.5, 0.6) is 0 Å². The summed E-state index contributed by atoms with van der Waals surface area (Å²) >= 11 is 2.70. The summed E-state index contributed by atoms with van der Waals surface area (Å²) in [6.45, 7) is 4.58. The molecule has 0 nitrogen and oxygen atoms in total. The van der Waals surface area contributed by atoms with Gasteiger partial charge in [0.05, 0.1) is 0 Å². The molecule has 0 bridgehead atoms. The van der Waals surface area contributed by atoms with Crippen LogP contribution in [0.3, 0.4) is 0 Å². The SMILES string of the molecule is CCCC[SiH](I)CCC. The standard InChI is InChI=1S/C7H17ISi/c1-3-5-7-9(8)6-4-2/h9H,3-7H2,1-2H3. The maximum Gasteiger partial charge on any atom is 0.110 e. The lowest BCUT2D eigenvalue weighted by molar-refractivity contribution is 0.873. The molecule has 9 heavy (non-hydrogen) atoms. The summed E-state index contributed by atoms with van der Waals surface area (Å²) < 4.78 is 0. The van der Waals surface area contributed by atoms with Gasteiger partial charge in [-0.15, -0.1) is 21.8 Å². The lowest BCUT2D eigenvalue weighted by atomic mass is 10.4. The van der Waals surface area contributed by atoms with Crippen LogP contribution in [0.2, 0.25) is 12.1 Å². The normalized spacial score (nSPS) is 13.7. The maximum absolute atomic E-state index is 2.70. The molecule has 0 heterocycles. The summed E-state index contributed by atoms with van der Waals surface area (Å²) in [6.07, 6.45) is 4.01. The van der Waals surface area contributed by atoms with Crippen LogP contribution in [0.25, 0.3) is 0 Å². The zero-order chi connectivity index (χ0) is 7.11. The maximum atomic E-state index is 2.70. The molecular weight excluding hydrogens is 239 g/mol. The zero-order valence-corrected chi connectivity index (χ0v) is 9.80. The molecule has 0 radical (unpaired) electrons. The second kappa shape index (κ2) is 7.06. The van der Waals surface area contributed by atoms with Gasteiger partial charge in [-0.3, -0.25) is 0 Å². The van der Waals surface area contributed by atoms with E-state index in [9.17, 15) is 0 Å². The Bertz CT molecular complexity index is 56.9. The van der Waals surface area contributed by atoms with Crippen molar-refractivity contribution in [2.75, 3.05) is 0 Å². The molecule has 0 aliphatic heterocycles. The minimum absolute atomic E-state index is 0.250. The average Bonchev–Trinajstić information content (AvgIpc) is 1.85. The molecule has 0 aliphatic rings. The summed E-state index contributed by atoms with van der Waals surface area (Å²) in [5.74, 6) is 0. The van der Waals surface area contributed by atoms with E-state index in [1.165, 1.54) is 19.3 Å². The third-order valence-electron chi connectivity index (χ3n) is 1.47. The Morgan fingerprint density at radius 1 is 1.11 bits per heavy atom. The summed E-state index contributed by atoms with van der Waals surface area (Å²) in [6, 6.07) is 3.10. The predicted octanol–water partition coefficient (Wildman–Crippen LogP) is 3.36. The van der Waals surface area contributed by atoms with Gasteiger partial charge in [-0.25, -0.2) is 0 Å². The van der Waals surface area contributed by atoms with Gasteiger partial charge in [0.1, 0.15) is 6.29 Å². The van der Waals surface area contributed by atoms with Crippen molar-refractivity contribution in [3.05, 3.63) is 0 Å². The molecule has 0 aromatic heterocycles. The molecule has 0 spiro atoms. The molecule has 0 aromatic rings. The van der Waals surface area contributed by atoms with Gasteiger partial charge >= 0.3 is 0 Å². The molecule has 0 aromatic carbocycles. The van der Waals surface area contributed by atoms with Crippen molar-refractivity contribution in [1.82, 2.24) is 0 Å². The van der Waals surface area contributed by atoms with Crippen LogP contribution in [0, 0.1) is 0 Å².